The summed E-state index contributed by atoms with van der Waals surface area (Å²) in [6.07, 6.45) is 0. The van der Waals surface area contributed by atoms with Crippen molar-refractivity contribution in [2.45, 2.75) is 20.4 Å². The maximum Gasteiger partial charge on any atom is 0.266 e. The summed E-state index contributed by atoms with van der Waals surface area (Å²) in [6.45, 7) is 5.04. The standard InChI is InChI=1S/C22H23N3O3/c1-3-28-18-10-8-17(9-11-18)20-12-13-21(26)25(24-20)15-14-23-22(27)19-7-5-4-6-16(19)2/h4-13H,3,14-15H2,1-2H3,(H,23,27). The molecule has 0 aliphatic carbocycles. The third-order valence-electron chi connectivity index (χ3n) is 4.33. The summed E-state index contributed by atoms with van der Waals surface area (Å²) in [6, 6.07) is 18.1. The average Bonchev–Trinajstić information content (AvgIpc) is 2.70. The van der Waals surface area contributed by atoms with Crippen molar-refractivity contribution in [3.05, 3.63) is 82.1 Å². The summed E-state index contributed by atoms with van der Waals surface area (Å²) in [4.78, 5) is 24.4. The Bertz CT molecular complexity index is 1010. The van der Waals surface area contributed by atoms with Gasteiger partial charge in [0.25, 0.3) is 11.5 Å². The van der Waals surface area contributed by atoms with E-state index in [4.69, 9.17) is 4.74 Å². The van der Waals surface area contributed by atoms with E-state index in [0.29, 0.717) is 31.0 Å². The molecule has 1 heterocycles. The molecule has 0 spiro atoms. The number of rotatable bonds is 7. The summed E-state index contributed by atoms with van der Waals surface area (Å²) in [5, 5.41) is 7.26. The number of hydrogen-bond donors (Lipinski definition) is 1. The van der Waals surface area contributed by atoms with E-state index in [0.717, 1.165) is 16.9 Å². The fourth-order valence-corrected chi connectivity index (χ4v) is 2.85. The van der Waals surface area contributed by atoms with Crippen molar-refractivity contribution in [2.24, 2.45) is 0 Å². The van der Waals surface area contributed by atoms with E-state index in [2.05, 4.69) is 10.4 Å². The molecule has 6 nitrogen and oxygen atoms in total. The molecule has 0 aliphatic rings. The third kappa shape index (κ3) is 4.65. The van der Waals surface area contributed by atoms with Crippen molar-refractivity contribution in [1.29, 1.82) is 0 Å². The number of hydrogen-bond acceptors (Lipinski definition) is 4. The van der Waals surface area contributed by atoms with E-state index in [1.165, 1.54) is 10.7 Å². The van der Waals surface area contributed by atoms with Crippen molar-refractivity contribution >= 4 is 5.91 Å². The lowest BCUT2D eigenvalue weighted by Crippen LogP contribution is -2.32. The van der Waals surface area contributed by atoms with Crippen molar-refractivity contribution in [2.75, 3.05) is 13.2 Å². The molecule has 0 radical (unpaired) electrons. The minimum Gasteiger partial charge on any atom is -0.494 e. The molecule has 0 bridgehead atoms. The van der Waals surface area contributed by atoms with Gasteiger partial charge in [-0.3, -0.25) is 9.59 Å². The fourth-order valence-electron chi connectivity index (χ4n) is 2.85. The monoisotopic (exact) mass is 377 g/mol. The Balaban J connectivity index is 1.67. The highest BCUT2D eigenvalue weighted by Gasteiger charge is 2.08. The average molecular weight is 377 g/mol. The van der Waals surface area contributed by atoms with Crippen LogP contribution in [0.3, 0.4) is 0 Å². The van der Waals surface area contributed by atoms with E-state index in [-0.39, 0.29) is 11.5 Å². The molecule has 3 aromatic rings. The second-order valence-electron chi connectivity index (χ2n) is 6.31. The first kappa shape index (κ1) is 19.4. The maximum atomic E-state index is 12.3. The van der Waals surface area contributed by atoms with Gasteiger partial charge in [-0.05, 0) is 55.8 Å². The molecule has 0 fully saturated rings. The van der Waals surface area contributed by atoms with Crippen LogP contribution in [0.15, 0.2) is 65.5 Å². The first-order valence-electron chi connectivity index (χ1n) is 9.23. The Morgan fingerprint density at radius 1 is 1.07 bits per heavy atom. The molecule has 28 heavy (non-hydrogen) atoms. The molecule has 0 atom stereocenters. The lowest BCUT2D eigenvalue weighted by Gasteiger charge is -2.10. The van der Waals surface area contributed by atoms with Crippen LogP contribution in [0.4, 0.5) is 0 Å². The predicted octanol–water partition coefficient (Wildman–Crippen LogP) is 3.05. The van der Waals surface area contributed by atoms with Crippen LogP contribution in [0, 0.1) is 6.92 Å². The van der Waals surface area contributed by atoms with Gasteiger partial charge in [-0.15, -0.1) is 0 Å². The van der Waals surface area contributed by atoms with Gasteiger partial charge in [0, 0.05) is 23.7 Å². The minimum absolute atomic E-state index is 0.159. The van der Waals surface area contributed by atoms with Gasteiger partial charge in [0.05, 0.1) is 18.8 Å². The molecule has 0 unspecified atom stereocenters. The number of ether oxygens (including phenoxy) is 1. The molecule has 1 N–H and O–H groups in total. The number of benzene rings is 2. The maximum absolute atomic E-state index is 12.3. The van der Waals surface area contributed by atoms with E-state index in [1.54, 1.807) is 12.1 Å². The van der Waals surface area contributed by atoms with Crippen LogP contribution in [0.2, 0.25) is 0 Å². The number of amides is 1. The first-order chi connectivity index (χ1) is 13.6. The summed E-state index contributed by atoms with van der Waals surface area (Å²) in [5.41, 5.74) is 2.91. The normalized spacial score (nSPS) is 10.5. The van der Waals surface area contributed by atoms with Crippen molar-refractivity contribution < 1.29 is 9.53 Å². The van der Waals surface area contributed by atoms with Gasteiger partial charge >= 0.3 is 0 Å². The zero-order chi connectivity index (χ0) is 19.9. The molecule has 0 saturated heterocycles. The van der Waals surface area contributed by atoms with Crippen LogP contribution in [0.25, 0.3) is 11.3 Å². The van der Waals surface area contributed by atoms with Gasteiger partial charge in [-0.1, -0.05) is 18.2 Å². The van der Waals surface area contributed by atoms with Crippen LogP contribution in [0.5, 0.6) is 5.75 Å². The van der Waals surface area contributed by atoms with E-state index in [1.807, 2.05) is 56.3 Å². The SMILES string of the molecule is CCOc1ccc(-c2ccc(=O)n(CCNC(=O)c3ccccc3C)n2)cc1. The second kappa shape index (κ2) is 8.99. The molecule has 1 aromatic heterocycles. The quantitative estimate of drug-likeness (QED) is 0.687. The molecule has 0 aliphatic heterocycles. The van der Waals surface area contributed by atoms with Crippen LogP contribution >= 0.6 is 0 Å². The van der Waals surface area contributed by atoms with Crippen molar-refractivity contribution in [3.8, 4) is 17.0 Å². The van der Waals surface area contributed by atoms with E-state index in [9.17, 15) is 9.59 Å². The predicted molar refractivity (Wildman–Crippen MR) is 109 cm³/mol. The number of nitrogens with zero attached hydrogens (tertiary/aromatic N) is 2. The van der Waals surface area contributed by atoms with Gasteiger partial charge in [0.1, 0.15) is 5.75 Å². The Morgan fingerprint density at radius 2 is 1.82 bits per heavy atom. The van der Waals surface area contributed by atoms with Crippen LogP contribution in [0.1, 0.15) is 22.8 Å². The highest BCUT2D eigenvalue weighted by atomic mass is 16.5. The number of aromatic nitrogens is 2. The lowest BCUT2D eigenvalue weighted by molar-refractivity contribution is 0.0951. The zero-order valence-corrected chi connectivity index (χ0v) is 16.0. The summed E-state index contributed by atoms with van der Waals surface area (Å²) in [5.74, 6) is 0.632. The van der Waals surface area contributed by atoms with Crippen LogP contribution in [-0.2, 0) is 6.54 Å². The number of carbonyl (C=O) groups is 1. The van der Waals surface area contributed by atoms with Crippen molar-refractivity contribution in [3.63, 3.8) is 0 Å². The topological polar surface area (TPSA) is 73.2 Å². The molecule has 6 heteroatoms. The highest BCUT2D eigenvalue weighted by Crippen LogP contribution is 2.19. The first-order valence-corrected chi connectivity index (χ1v) is 9.23. The Hall–Kier alpha value is -3.41. The number of nitrogens with one attached hydrogen (secondary N) is 1. The van der Waals surface area contributed by atoms with Crippen LogP contribution < -0.4 is 15.6 Å². The summed E-state index contributed by atoms with van der Waals surface area (Å²) >= 11 is 0. The lowest BCUT2D eigenvalue weighted by atomic mass is 10.1. The molecule has 3 rings (SSSR count). The Morgan fingerprint density at radius 3 is 2.54 bits per heavy atom. The fraction of sp³-hybridized carbons (Fsp3) is 0.227. The van der Waals surface area contributed by atoms with Gasteiger partial charge in [0.2, 0.25) is 0 Å². The molecule has 0 saturated carbocycles. The van der Waals surface area contributed by atoms with E-state index < -0.39 is 0 Å². The smallest absolute Gasteiger partial charge is 0.266 e. The summed E-state index contributed by atoms with van der Waals surface area (Å²) in [7, 11) is 0. The van der Waals surface area contributed by atoms with Crippen molar-refractivity contribution in [1.82, 2.24) is 15.1 Å². The molecular weight excluding hydrogens is 354 g/mol. The second-order valence-corrected chi connectivity index (χ2v) is 6.31. The number of aryl methyl sites for hydroxylation is 1. The minimum atomic E-state index is -0.208. The third-order valence-corrected chi connectivity index (χ3v) is 4.33. The Kier molecular flexibility index (Phi) is 6.22. The highest BCUT2D eigenvalue weighted by molar-refractivity contribution is 5.95. The molecular formula is C22H23N3O3. The van der Waals surface area contributed by atoms with Gasteiger partial charge < -0.3 is 10.1 Å². The van der Waals surface area contributed by atoms with E-state index >= 15 is 0 Å². The Labute approximate surface area is 163 Å². The molecule has 144 valence electrons. The molecule has 2 aromatic carbocycles. The molecule has 1 amide bonds. The number of carbonyl (C=O) groups excluding carboxylic acids is 1. The van der Waals surface area contributed by atoms with Gasteiger partial charge in [-0.2, -0.15) is 5.10 Å². The van der Waals surface area contributed by atoms with Crippen LogP contribution in [-0.4, -0.2) is 28.8 Å². The zero-order valence-electron chi connectivity index (χ0n) is 16.0. The summed E-state index contributed by atoms with van der Waals surface area (Å²) < 4.78 is 6.81. The van der Waals surface area contributed by atoms with Gasteiger partial charge in [-0.25, -0.2) is 4.68 Å². The largest absolute Gasteiger partial charge is 0.494 e. The van der Waals surface area contributed by atoms with Gasteiger partial charge in [0.15, 0.2) is 0 Å².